The summed E-state index contributed by atoms with van der Waals surface area (Å²) in [5, 5.41) is 8.51. The summed E-state index contributed by atoms with van der Waals surface area (Å²) in [4.78, 5) is 14.7. The van der Waals surface area contributed by atoms with Crippen molar-refractivity contribution in [2.24, 2.45) is 0 Å². The number of aryl methyl sites for hydroxylation is 1. The fourth-order valence-corrected chi connectivity index (χ4v) is 3.60. The Morgan fingerprint density at radius 1 is 1.14 bits per heavy atom. The highest BCUT2D eigenvalue weighted by atomic mass is 16.5. The van der Waals surface area contributed by atoms with Crippen molar-refractivity contribution in [3.63, 3.8) is 0 Å². The number of ether oxygens (including phenoxy) is 1. The average Bonchev–Trinajstić information content (AvgIpc) is 3.24. The van der Waals surface area contributed by atoms with Crippen molar-refractivity contribution in [3.05, 3.63) is 65.5 Å². The van der Waals surface area contributed by atoms with E-state index in [1.807, 2.05) is 36.1 Å². The Kier molecular flexibility index (Phi) is 5.10. The number of carbonyl (C=O) groups excluding carboxylic acids is 1. The van der Waals surface area contributed by atoms with Gasteiger partial charge in [-0.1, -0.05) is 18.2 Å². The second kappa shape index (κ2) is 7.84. The maximum Gasteiger partial charge on any atom is 0.253 e. The Balaban J connectivity index is 1.49. The molecule has 1 aliphatic rings. The third-order valence-electron chi connectivity index (χ3n) is 5.21. The van der Waals surface area contributed by atoms with Gasteiger partial charge in [-0.3, -0.25) is 4.79 Å². The van der Waals surface area contributed by atoms with Gasteiger partial charge in [0.15, 0.2) is 0 Å². The molecule has 0 N–H and O–H groups in total. The molecule has 0 radical (unpaired) electrons. The molecule has 2 heterocycles. The average molecular weight is 377 g/mol. The summed E-state index contributed by atoms with van der Waals surface area (Å²) < 4.78 is 11.1. The van der Waals surface area contributed by atoms with Gasteiger partial charge < -0.3 is 14.1 Å². The van der Waals surface area contributed by atoms with E-state index in [4.69, 9.17) is 9.15 Å². The number of rotatable bonds is 4. The molecule has 28 heavy (non-hydrogen) atoms. The van der Waals surface area contributed by atoms with E-state index < -0.39 is 0 Å². The largest absolute Gasteiger partial charge is 0.497 e. The van der Waals surface area contributed by atoms with Gasteiger partial charge in [-0.15, -0.1) is 10.2 Å². The number of aromatic nitrogens is 2. The molecule has 1 fully saturated rings. The fraction of sp³-hybridized carbons (Fsp3) is 0.318. The number of piperidine rings is 1. The van der Waals surface area contributed by atoms with Crippen molar-refractivity contribution in [3.8, 4) is 17.2 Å². The molecular formula is C22H23N3O3. The van der Waals surface area contributed by atoms with Gasteiger partial charge in [0.1, 0.15) is 5.75 Å². The van der Waals surface area contributed by atoms with Crippen LogP contribution in [0.15, 0.2) is 52.9 Å². The van der Waals surface area contributed by atoms with Gasteiger partial charge in [-0.2, -0.15) is 0 Å². The molecule has 0 saturated carbocycles. The van der Waals surface area contributed by atoms with Gasteiger partial charge in [-0.05, 0) is 55.7 Å². The highest BCUT2D eigenvalue weighted by Gasteiger charge is 2.29. The number of nitrogens with zero attached hydrogens (tertiary/aromatic N) is 3. The van der Waals surface area contributed by atoms with Crippen LogP contribution < -0.4 is 4.74 Å². The second-order valence-corrected chi connectivity index (χ2v) is 7.08. The normalized spacial score (nSPS) is 16.8. The standard InChI is InChI=1S/C22H23N3O3/c1-15-6-3-4-8-19(15)21-24-23-20(28-21)17-7-5-13-25(14-17)22(26)16-9-11-18(27-2)12-10-16/h3-4,6,8-12,17H,5,7,13-14H2,1-2H3/t17-/m1/s1. The van der Waals surface area contributed by atoms with Gasteiger partial charge in [0.2, 0.25) is 11.8 Å². The summed E-state index contributed by atoms with van der Waals surface area (Å²) in [6, 6.07) is 15.2. The number of methoxy groups -OCH3 is 1. The first-order valence-electron chi connectivity index (χ1n) is 9.48. The molecule has 4 rings (SSSR count). The lowest BCUT2D eigenvalue weighted by Gasteiger charge is -2.31. The Labute approximate surface area is 164 Å². The molecule has 1 aliphatic heterocycles. The molecule has 1 aromatic heterocycles. The SMILES string of the molecule is COc1ccc(C(=O)N2CCC[C@@H](c3nnc(-c4ccccc4C)o3)C2)cc1. The summed E-state index contributed by atoms with van der Waals surface area (Å²) in [7, 11) is 1.61. The van der Waals surface area contributed by atoms with Gasteiger partial charge in [0.05, 0.1) is 13.0 Å². The second-order valence-electron chi connectivity index (χ2n) is 7.08. The number of carbonyl (C=O) groups is 1. The van der Waals surface area contributed by atoms with E-state index in [1.165, 1.54) is 0 Å². The lowest BCUT2D eigenvalue weighted by Crippen LogP contribution is -2.39. The minimum absolute atomic E-state index is 0.0194. The Bertz CT molecular complexity index is 965. The van der Waals surface area contributed by atoms with Crippen LogP contribution in [-0.2, 0) is 0 Å². The molecule has 1 atom stereocenters. The Hall–Kier alpha value is -3.15. The monoisotopic (exact) mass is 377 g/mol. The first kappa shape index (κ1) is 18.2. The molecule has 0 bridgehead atoms. The zero-order valence-electron chi connectivity index (χ0n) is 16.1. The van der Waals surface area contributed by atoms with Crippen molar-refractivity contribution in [2.45, 2.75) is 25.7 Å². The molecule has 1 saturated heterocycles. The van der Waals surface area contributed by atoms with Crippen molar-refractivity contribution < 1.29 is 13.9 Å². The quantitative estimate of drug-likeness (QED) is 0.685. The third kappa shape index (κ3) is 3.63. The van der Waals surface area contributed by atoms with Crippen LogP contribution in [0.5, 0.6) is 5.75 Å². The summed E-state index contributed by atoms with van der Waals surface area (Å²) in [6.45, 7) is 3.34. The van der Waals surface area contributed by atoms with Crippen LogP contribution >= 0.6 is 0 Å². The van der Waals surface area contributed by atoms with Crippen LogP contribution in [0, 0.1) is 6.92 Å². The maximum absolute atomic E-state index is 12.9. The molecule has 3 aromatic rings. The summed E-state index contributed by atoms with van der Waals surface area (Å²) in [5.41, 5.74) is 2.70. The first-order chi connectivity index (χ1) is 13.7. The topological polar surface area (TPSA) is 68.5 Å². The number of benzene rings is 2. The summed E-state index contributed by atoms with van der Waals surface area (Å²) in [5.74, 6) is 1.95. The van der Waals surface area contributed by atoms with E-state index in [9.17, 15) is 4.79 Å². The Morgan fingerprint density at radius 3 is 2.68 bits per heavy atom. The lowest BCUT2D eigenvalue weighted by atomic mass is 9.97. The zero-order chi connectivity index (χ0) is 19.5. The highest BCUT2D eigenvalue weighted by Crippen LogP contribution is 2.30. The van der Waals surface area contributed by atoms with Crippen molar-refractivity contribution >= 4 is 5.91 Å². The minimum Gasteiger partial charge on any atom is -0.497 e. The van der Waals surface area contributed by atoms with E-state index in [-0.39, 0.29) is 11.8 Å². The minimum atomic E-state index is 0.0194. The third-order valence-corrected chi connectivity index (χ3v) is 5.21. The maximum atomic E-state index is 12.9. The van der Waals surface area contributed by atoms with Crippen LogP contribution in [0.25, 0.3) is 11.5 Å². The number of likely N-dealkylation sites (tertiary alicyclic amines) is 1. The number of hydrogen-bond donors (Lipinski definition) is 0. The lowest BCUT2D eigenvalue weighted by molar-refractivity contribution is 0.0698. The van der Waals surface area contributed by atoms with Gasteiger partial charge in [0.25, 0.3) is 5.91 Å². The van der Waals surface area contributed by atoms with Crippen molar-refractivity contribution in [1.82, 2.24) is 15.1 Å². The van der Waals surface area contributed by atoms with Crippen LogP contribution in [0.3, 0.4) is 0 Å². The smallest absolute Gasteiger partial charge is 0.253 e. The first-order valence-corrected chi connectivity index (χ1v) is 9.48. The van der Waals surface area contributed by atoms with E-state index in [0.29, 0.717) is 23.9 Å². The molecule has 0 spiro atoms. The van der Waals surface area contributed by atoms with E-state index >= 15 is 0 Å². The molecule has 2 aromatic carbocycles. The summed E-state index contributed by atoms with van der Waals surface area (Å²) in [6.07, 6.45) is 1.84. The van der Waals surface area contributed by atoms with Crippen molar-refractivity contribution in [1.29, 1.82) is 0 Å². The molecule has 0 unspecified atom stereocenters. The van der Waals surface area contributed by atoms with Crippen LogP contribution in [-0.4, -0.2) is 41.2 Å². The van der Waals surface area contributed by atoms with Crippen molar-refractivity contribution in [2.75, 3.05) is 20.2 Å². The molecule has 1 amide bonds. The van der Waals surface area contributed by atoms with Crippen LogP contribution in [0.4, 0.5) is 0 Å². The molecular weight excluding hydrogens is 354 g/mol. The van der Waals surface area contributed by atoms with E-state index in [1.54, 1.807) is 31.4 Å². The fourth-order valence-electron chi connectivity index (χ4n) is 3.60. The van der Waals surface area contributed by atoms with E-state index in [0.717, 1.165) is 36.3 Å². The summed E-state index contributed by atoms with van der Waals surface area (Å²) >= 11 is 0. The van der Waals surface area contributed by atoms with Crippen LogP contribution in [0.1, 0.15) is 40.6 Å². The molecule has 144 valence electrons. The highest BCUT2D eigenvalue weighted by molar-refractivity contribution is 5.94. The number of amides is 1. The zero-order valence-corrected chi connectivity index (χ0v) is 16.1. The predicted octanol–water partition coefficient (Wildman–Crippen LogP) is 4.07. The van der Waals surface area contributed by atoms with E-state index in [2.05, 4.69) is 10.2 Å². The van der Waals surface area contributed by atoms with Gasteiger partial charge in [-0.25, -0.2) is 0 Å². The molecule has 6 nitrogen and oxygen atoms in total. The molecule has 6 heteroatoms. The number of hydrogen-bond acceptors (Lipinski definition) is 5. The molecule has 0 aliphatic carbocycles. The Morgan fingerprint density at radius 2 is 1.93 bits per heavy atom. The van der Waals surface area contributed by atoms with Gasteiger partial charge >= 0.3 is 0 Å². The predicted molar refractivity (Wildman–Crippen MR) is 105 cm³/mol. The van der Waals surface area contributed by atoms with Crippen LogP contribution in [0.2, 0.25) is 0 Å². The van der Waals surface area contributed by atoms with Gasteiger partial charge in [0, 0.05) is 24.2 Å².